The summed E-state index contributed by atoms with van der Waals surface area (Å²) >= 11 is 0. The van der Waals surface area contributed by atoms with Crippen molar-refractivity contribution in [3.63, 3.8) is 0 Å². The number of nitrogens with one attached hydrogen (secondary N) is 2. The zero-order valence-corrected chi connectivity index (χ0v) is 13.4. The zero-order valence-electron chi connectivity index (χ0n) is 13.4. The van der Waals surface area contributed by atoms with E-state index in [1.807, 2.05) is 0 Å². The maximum atomic E-state index is 12.2. The molecule has 2 N–H and O–H groups in total. The van der Waals surface area contributed by atoms with Crippen molar-refractivity contribution in [2.75, 3.05) is 12.4 Å². The topological polar surface area (TPSA) is 84.5 Å². The normalized spacial score (nSPS) is 19.2. The van der Waals surface area contributed by atoms with Crippen LogP contribution in [0.3, 0.4) is 0 Å². The van der Waals surface area contributed by atoms with Crippen LogP contribution >= 0.6 is 0 Å². The molecule has 0 aromatic heterocycles. The quantitative estimate of drug-likeness (QED) is 0.831. The van der Waals surface area contributed by atoms with Crippen LogP contribution in [-0.4, -0.2) is 30.9 Å². The van der Waals surface area contributed by atoms with Gasteiger partial charge in [-0.15, -0.1) is 0 Å². The van der Waals surface area contributed by atoms with Gasteiger partial charge in [0.25, 0.3) is 0 Å². The molecule has 1 aliphatic rings. The van der Waals surface area contributed by atoms with E-state index < -0.39 is 6.04 Å². The number of benzene rings is 1. The molecule has 2 rings (SSSR count). The molecule has 0 saturated carbocycles. The van der Waals surface area contributed by atoms with Crippen LogP contribution < -0.4 is 10.6 Å². The van der Waals surface area contributed by atoms with Crippen molar-refractivity contribution in [1.82, 2.24) is 5.32 Å². The number of ether oxygens (including phenoxy) is 1. The second-order valence-corrected chi connectivity index (χ2v) is 5.72. The van der Waals surface area contributed by atoms with Crippen LogP contribution in [0.2, 0.25) is 0 Å². The van der Waals surface area contributed by atoms with Gasteiger partial charge >= 0.3 is 5.97 Å². The fraction of sp³-hybridized carbons (Fsp3) is 0.471. The molecule has 1 fully saturated rings. The second kappa shape index (κ2) is 7.76. The van der Waals surface area contributed by atoms with Crippen LogP contribution in [0.1, 0.15) is 44.1 Å². The van der Waals surface area contributed by atoms with Crippen LogP contribution in [0.4, 0.5) is 5.69 Å². The predicted molar refractivity (Wildman–Crippen MR) is 85.9 cm³/mol. The van der Waals surface area contributed by atoms with Gasteiger partial charge in [-0.25, -0.2) is 0 Å². The summed E-state index contributed by atoms with van der Waals surface area (Å²) < 4.78 is 4.71. The summed E-state index contributed by atoms with van der Waals surface area (Å²) in [5.74, 6) is -0.951. The molecule has 0 unspecified atom stereocenters. The Morgan fingerprint density at radius 1 is 1.26 bits per heavy atom. The molecule has 6 heteroatoms. The number of hydrogen-bond acceptors (Lipinski definition) is 4. The third-order valence-electron chi connectivity index (χ3n) is 4.03. The molecule has 6 nitrogen and oxygen atoms in total. The molecule has 0 radical (unpaired) electrons. The lowest BCUT2D eigenvalue weighted by Crippen LogP contribution is -2.42. The van der Waals surface area contributed by atoms with Gasteiger partial charge < -0.3 is 15.4 Å². The van der Waals surface area contributed by atoms with Gasteiger partial charge in [0, 0.05) is 12.1 Å². The number of hydrogen-bond donors (Lipinski definition) is 2. The summed E-state index contributed by atoms with van der Waals surface area (Å²) in [4.78, 5) is 35.3. The fourth-order valence-electron chi connectivity index (χ4n) is 2.57. The number of anilines is 1. The number of esters is 1. The number of rotatable bonds is 4. The standard InChI is InChI=1S/C17H22N2O4/c1-11(17(22)23-2)12-7-9-13(10-8-12)18-16(21)14-5-3-4-6-15(20)19-14/h7-11,14H,3-6H2,1-2H3,(H,18,21)(H,19,20)/t11-,14-/m0/s1. The molecule has 0 bridgehead atoms. The second-order valence-electron chi connectivity index (χ2n) is 5.72. The maximum Gasteiger partial charge on any atom is 0.312 e. The van der Waals surface area contributed by atoms with Crippen molar-refractivity contribution in [2.45, 2.75) is 44.6 Å². The summed E-state index contributed by atoms with van der Waals surface area (Å²) in [5.41, 5.74) is 1.45. The van der Waals surface area contributed by atoms with E-state index >= 15 is 0 Å². The molecule has 1 aromatic rings. The Balaban J connectivity index is 1.98. The first-order valence-electron chi connectivity index (χ1n) is 7.79. The van der Waals surface area contributed by atoms with Gasteiger partial charge in [-0.1, -0.05) is 18.6 Å². The van der Waals surface area contributed by atoms with E-state index in [4.69, 9.17) is 4.74 Å². The lowest BCUT2D eigenvalue weighted by atomic mass is 10.0. The fourth-order valence-corrected chi connectivity index (χ4v) is 2.57. The average molecular weight is 318 g/mol. The molecule has 1 aromatic carbocycles. The third-order valence-corrected chi connectivity index (χ3v) is 4.03. The maximum absolute atomic E-state index is 12.2. The Labute approximate surface area is 135 Å². The van der Waals surface area contributed by atoms with Crippen LogP contribution in [0.25, 0.3) is 0 Å². The number of amides is 2. The minimum atomic E-state index is -0.487. The van der Waals surface area contributed by atoms with Gasteiger partial charge in [0.05, 0.1) is 13.0 Å². The van der Waals surface area contributed by atoms with Gasteiger partial charge in [-0.3, -0.25) is 14.4 Å². The zero-order chi connectivity index (χ0) is 16.8. The molecule has 1 heterocycles. The molecule has 2 atom stereocenters. The summed E-state index contributed by atoms with van der Waals surface area (Å²) in [6.07, 6.45) is 2.79. The van der Waals surface area contributed by atoms with Gasteiger partial charge in [0.2, 0.25) is 11.8 Å². The van der Waals surface area contributed by atoms with Crippen LogP contribution in [0, 0.1) is 0 Å². The minimum absolute atomic E-state index is 0.0788. The predicted octanol–water partition coefficient (Wildman–Crippen LogP) is 1.96. The number of methoxy groups -OCH3 is 1. The largest absolute Gasteiger partial charge is 0.469 e. The molecule has 124 valence electrons. The molecule has 0 spiro atoms. The van der Waals surface area contributed by atoms with E-state index in [1.54, 1.807) is 31.2 Å². The molecule has 1 saturated heterocycles. The smallest absolute Gasteiger partial charge is 0.312 e. The Morgan fingerprint density at radius 3 is 2.61 bits per heavy atom. The number of carbonyl (C=O) groups excluding carboxylic acids is 3. The summed E-state index contributed by atoms with van der Waals surface area (Å²) in [6.45, 7) is 1.76. The molecular weight excluding hydrogens is 296 g/mol. The lowest BCUT2D eigenvalue weighted by Gasteiger charge is -2.16. The highest BCUT2D eigenvalue weighted by Crippen LogP contribution is 2.19. The van der Waals surface area contributed by atoms with E-state index in [1.165, 1.54) is 7.11 Å². The Kier molecular flexibility index (Phi) is 5.73. The van der Waals surface area contributed by atoms with Crippen molar-refractivity contribution < 1.29 is 19.1 Å². The van der Waals surface area contributed by atoms with Crippen LogP contribution in [-0.2, 0) is 19.1 Å². The molecule has 0 aliphatic carbocycles. The summed E-state index contributed by atoms with van der Waals surface area (Å²) in [7, 11) is 1.36. The van der Waals surface area contributed by atoms with Crippen molar-refractivity contribution in [3.8, 4) is 0 Å². The molecule has 1 aliphatic heterocycles. The van der Waals surface area contributed by atoms with Crippen molar-refractivity contribution >= 4 is 23.5 Å². The highest BCUT2D eigenvalue weighted by molar-refractivity contribution is 5.97. The van der Waals surface area contributed by atoms with E-state index in [-0.39, 0.29) is 23.7 Å². The van der Waals surface area contributed by atoms with E-state index in [2.05, 4.69) is 10.6 Å². The van der Waals surface area contributed by atoms with Crippen molar-refractivity contribution in [1.29, 1.82) is 0 Å². The summed E-state index contributed by atoms with van der Waals surface area (Å²) in [6, 6.07) is 6.56. The van der Waals surface area contributed by atoms with Gasteiger partial charge in [-0.2, -0.15) is 0 Å². The van der Waals surface area contributed by atoms with Crippen molar-refractivity contribution in [2.24, 2.45) is 0 Å². The molecule has 23 heavy (non-hydrogen) atoms. The van der Waals surface area contributed by atoms with Crippen LogP contribution in [0.15, 0.2) is 24.3 Å². The number of carbonyl (C=O) groups is 3. The molecular formula is C17H22N2O4. The van der Waals surface area contributed by atoms with E-state index in [0.717, 1.165) is 18.4 Å². The van der Waals surface area contributed by atoms with Gasteiger partial charge in [0.15, 0.2) is 0 Å². The Hall–Kier alpha value is -2.37. The van der Waals surface area contributed by atoms with Crippen LogP contribution in [0.5, 0.6) is 0 Å². The van der Waals surface area contributed by atoms with Crippen molar-refractivity contribution in [3.05, 3.63) is 29.8 Å². The summed E-state index contributed by atoms with van der Waals surface area (Å²) in [5, 5.41) is 5.54. The van der Waals surface area contributed by atoms with Gasteiger partial charge in [0.1, 0.15) is 6.04 Å². The van der Waals surface area contributed by atoms with E-state index in [0.29, 0.717) is 18.5 Å². The first kappa shape index (κ1) is 17.0. The SMILES string of the molecule is COC(=O)[C@@H](C)c1ccc(NC(=O)[C@@H]2CCCCC(=O)N2)cc1. The first-order chi connectivity index (χ1) is 11.0. The lowest BCUT2D eigenvalue weighted by molar-refractivity contribution is -0.142. The molecule has 2 amide bonds. The third kappa shape index (κ3) is 4.55. The monoisotopic (exact) mass is 318 g/mol. The Bertz CT molecular complexity index is 583. The highest BCUT2D eigenvalue weighted by Gasteiger charge is 2.23. The highest BCUT2D eigenvalue weighted by atomic mass is 16.5. The average Bonchev–Trinajstić information content (AvgIpc) is 2.78. The van der Waals surface area contributed by atoms with Gasteiger partial charge in [-0.05, 0) is 37.5 Å². The first-order valence-corrected chi connectivity index (χ1v) is 7.79. The minimum Gasteiger partial charge on any atom is -0.469 e. The Morgan fingerprint density at radius 2 is 1.96 bits per heavy atom. The van der Waals surface area contributed by atoms with E-state index in [9.17, 15) is 14.4 Å².